The van der Waals surface area contributed by atoms with Crippen molar-refractivity contribution >= 4 is 25.0 Å². The zero-order valence-electron chi connectivity index (χ0n) is 21.4. The zero-order chi connectivity index (χ0) is 25.1. The fourth-order valence-electron chi connectivity index (χ4n) is 5.61. The molecule has 1 saturated carbocycles. The van der Waals surface area contributed by atoms with Gasteiger partial charge in [-0.25, -0.2) is 0 Å². The number of hydrogen-bond acceptors (Lipinski definition) is 4. The van der Waals surface area contributed by atoms with E-state index in [0.29, 0.717) is 18.4 Å². The lowest BCUT2D eigenvalue weighted by Gasteiger charge is -2.42. The Balaban J connectivity index is 1.61. The predicted octanol–water partition coefficient (Wildman–Crippen LogP) is 4.92. The summed E-state index contributed by atoms with van der Waals surface area (Å²) in [6, 6.07) is 21.4. The molecule has 0 saturated heterocycles. The molecule has 0 spiro atoms. The van der Waals surface area contributed by atoms with E-state index in [1.54, 1.807) is 0 Å². The van der Waals surface area contributed by atoms with Gasteiger partial charge in [0.15, 0.2) is 5.82 Å². The Kier molecular flexibility index (Phi) is 7.52. The highest BCUT2D eigenvalue weighted by molar-refractivity contribution is 6.99. The first-order valence-corrected chi connectivity index (χ1v) is 14.5. The third-order valence-corrected chi connectivity index (χ3v) is 12.6. The average Bonchev–Trinajstić information content (AvgIpc) is 3.24. The van der Waals surface area contributed by atoms with Gasteiger partial charge in [-0.1, -0.05) is 88.0 Å². The van der Waals surface area contributed by atoms with E-state index >= 15 is 0 Å². The van der Waals surface area contributed by atoms with E-state index in [4.69, 9.17) is 4.43 Å². The Bertz CT molecular complexity index is 1100. The van der Waals surface area contributed by atoms with E-state index in [1.165, 1.54) is 10.4 Å². The summed E-state index contributed by atoms with van der Waals surface area (Å²) in [5, 5.41) is 11.6. The molecule has 0 amide bonds. The van der Waals surface area contributed by atoms with Gasteiger partial charge in [0.2, 0.25) is 0 Å². The van der Waals surface area contributed by atoms with Gasteiger partial charge in [-0.15, -0.1) is 10.2 Å². The molecular weight excluding hydrogens is 450 g/mol. The van der Waals surface area contributed by atoms with Gasteiger partial charge in [0.05, 0.1) is 6.61 Å². The second-order valence-corrected chi connectivity index (χ2v) is 15.0. The monoisotopic (exact) mass is 487 g/mol. The third-order valence-electron chi connectivity index (χ3n) is 7.60. The van der Waals surface area contributed by atoms with Gasteiger partial charge in [0.1, 0.15) is 12.1 Å². The largest absolute Gasteiger partial charge is 0.400 e. The molecule has 1 aliphatic carbocycles. The van der Waals surface area contributed by atoms with Crippen LogP contribution in [0, 0.1) is 5.92 Å². The van der Waals surface area contributed by atoms with E-state index in [2.05, 4.69) is 110 Å². The summed E-state index contributed by atoms with van der Waals surface area (Å²) in [5.74, 6) is 2.52. The minimum absolute atomic E-state index is 0.0868. The molecule has 184 valence electrons. The number of allylic oxidation sites excluding steroid dienone is 1. The van der Waals surface area contributed by atoms with Crippen LogP contribution in [0.5, 0.6) is 0 Å². The number of carbonyl (C=O) groups is 1. The number of aromatic nitrogens is 3. The SMILES string of the molecule is C=C(C=O)C1CCC(c2nnc(CO[Si](c3ccccc3)(c3ccccc3)C(C)(C)C)n2C)CC1. The third kappa shape index (κ3) is 4.95. The van der Waals surface area contributed by atoms with Gasteiger partial charge in [-0.05, 0) is 52.6 Å². The number of benzene rings is 2. The molecule has 0 aliphatic heterocycles. The van der Waals surface area contributed by atoms with Crippen molar-refractivity contribution in [1.29, 1.82) is 0 Å². The van der Waals surface area contributed by atoms with E-state index in [1.807, 2.05) is 0 Å². The van der Waals surface area contributed by atoms with Crippen molar-refractivity contribution < 1.29 is 9.22 Å². The van der Waals surface area contributed by atoms with Crippen LogP contribution >= 0.6 is 0 Å². The van der Waals surface area contributed by atoms with Crippen molar-refractivity contribution in [2.24, 2.45) is 13.0 Å². The lowest BCUT2D eigenvalue weighted by atomic mass is 9.79. The molecule has 1 aromatic heterocycles. The van der Waals surface area contributed by atoms with Crippen molar-refractivity contribution in [2.45, 2.75) is 64.0 Å². The lowest BCUT2D eigenvalue weighted by Crippen LogP contribution is -2.66. The van der Waals surface area contributed by atoms with Gasteiger partial charge in [0, 0.05) is 13.0 Å². The van der Waals surface area contributed by atoms with Crippen LogP contribution in [0.3, 0.4) is 0 Å². The Morgan fingerprint density at radius 2 is 1.54 bits per heavy atom. The molecule has 6 heteroatoms. The van der Waals surface area contributed by atoms with Crippen LogP contribution in [-0.2, 0) is 22.9 Å². The van der Waals surface area contributed by atoms with Crippen LogP contribution in [0.25, 0.3) is 0 Å². The molecule has 1 heterocycles. The molecule has 35 heavy (non-hydrogen) atoms. The number of aldehydes is 1. The van der Waals surface area contributed by atoms with Gasteiger partial charge in [0.25, 0.3) is 8.32 Å². The van der Waals surface area contributed by atoms with Crippen LogP contribution in [0.1, 0.15) is 64.0 Å². The number of rotatable bonds is 8. The van der Waals surface area contributed by atoms with Crippen molar-refractivity contribution in [3.05, 3.63) is 84.5 Å². The van der Waals surface area contributed by atoms with Crippen LogP contribution in [0.2, 0.25) is 5.04 Å². The minimum atomic E-state index is -2.64. The first-order valence-electron chi connectivity index (χ1n) is 12.5. The summed E-state index contributed by atoms with van der Waals surface area (Å²) >= 11 is 0. The average molecular weight is 488 g/mol. The lowest BCUT2D eigenvalue weighted by molar-refractivity contribution is -0.105. The summed E-state index contributed by atoms with van der Waals surface area (Å²) < 4.78 is 9.18. The quantitative estimate of drug-likeness (QED) is 0.257. The molecule has 0 bridgehead atoms. The molecule has 0 radical (unpaired) electrons. The first kappa shape index (κ1) is 25.3. The number of nitrogens with zero attached hydrogens (tertiary/aromatic N) is 3. The normalized spacial score (nSPS) is 18.9. The van der Waals surface area contributed by atoms with Crippen LogP contribution in [0.15, 0.2) is 72.8 Å². The molecule has 1 aliphatic rings. The Morgan fingerprint density at radius 3 is 2.03 bits per heavy atom. The number of carbonyl (C=O) groups excluding carboxylic acids is 1. The minimum Gasteiger partial charge on any atom is -0.400 e. The van der Waals surface area contributed by atoms with Gasteiger partial charge in [-0.2, -0.15) is 0 Å². The maximum Gasteiger partial charge on any atom is 0.261 e. The van der Waals surface area contributed by atoms with E-state index in [0.717, 1.165) is 49.2 Å². The standard InChI is InChI=1S/C29H37N3O2Si/c1-22(20-33)23-16-18-24(19-17-23)28-31-30-27(32(28)5)21-34-35(29(2,3)4,25-12-8-6-9-13-25)26-14-10-7-11-15-26/h6-15,20,23-24H,1,16-19,21H2,2-5H3. The molecule has 5 nitrogen and oxygen atoms in total. The second kappa shape index (κ2) is 10.4. The van der Waals surface area contributed by atoms with Crippen molar-refractivity contribution in [2.75, 3.05) is 0 Å². The Hall–Kier alpha value is -2.83. The maximum atomic E-state index is 11.1. The fourth-order valence-corrected chi connectivity index (χ4v) is 10.1. The van der Waals surface area contributed by atoms with E-state index in [9.17, 15) is 4.79 Å². The summed E-state index contributed by atoms with van der Waals surface area (Å²) in [6.45, 7) is 11.2. The first-order chi connectivity index (χ1) is 16.8. The number of hydrogen-bond donors (Lipinski definition) is 0. The van der Waals surface area contributed by atoms with Crippen LogP contribution < -0.4 is 10.4 Å². The summed E-state index contributed by atoms with van der Waals surface area (Å²) in [5.41, 5.74) is 0.723. The maximum absolute atomic E-state index is 11.1. The van der Waals surface area contributed by atoms with Gasteiger partial charge < -0.3 is 8.99 Å². The van der Waals surface area contributed by atoms with Crippen LogP contribution in [0.4, 0.5) is 0 Å². The molecule has 4 rings (SSSR count). The summed E-state index contributed by atoms with van der Waals surface area (Å²) in [7, 11) is -0.584. The van der Waals surface area contributed by atoms with E-state index in [-0.39, 0.29) is 5.04 Å². The summed E-state index contributed by atoms with van der Waals surface area (Å²) in [4.78, 5) is 11.1. The Labute approximate surface area is 210 Å². The highest BCUT2D eigenvalue weighted by Crippen LogP contribution is 2.39. The van der Waals surface area contributed by atoms with Gasteiger partial charge in [-0.3, -0.25) is 4.79 Å². The smallest absolute Gasteiger partial charge is 0.261 e. The van der Waals surface area contributed by atoms with Gasteiger partial charge >= 0.3 is 0 Å². The Morgan fingerprint density at radius 1 is 1.00 bits per heavy atom. The highest BCUT2D eigenvalue weighted by Gasteiger charge is 2.50. The molecular formula is C29H37N3O2Si. The topological polar surface area (TPSA) is 57.0 Å². The van der Waals surface area contributed by atoms with Crippen molar-refractivity contribution in [3.8, 4) is 0 Å². The van der Waals surface area contributed by atoms with Crippen molar-refractivity contribution in [1.82, 2.24) is 14.8 Å². The second-order valence-electron chi connectivity index (χ2n) is 10.7. The van der Waals surface area contributed by atoms with Crippen molar-refractivity contribution in [3.63, 3.8) is 0 Å². The molecule has 1 fully saturated rings. The molecule has 3 aromatic rings. The summed E-state index contributed by atoms with van der Waals surface area (Å²) in [6.07, 6.45) is 4.86. The molecule has 0 N–H and O–H groups in total. The van der Waals surface area contributed by atoms with E-state index < -0.39 is 8.32 Å². The fraction of sp³-hybridized carbons (Fsp3) is 0.414. The zero-order valence-corrected chi connectivity index (χ0v) is 22.4. The van der Waals surface area contributed by atoms with Crippen LogP contribution in [-0.4, -0.2) is 29.4 Å². The molecule has 2 aromatic carbocycles. The molecule has 0 atom stereocenters. The molecule has 0 unspecified atom stereocenters. The predicted molar refractivity (Wildman–Crippen MR) is 143 cm³/mol. The highest BCUT2D eigenvalue weighted by atomic mass is 28.4.